The summed E-state index contributed by atoms with van der Waals surface area (Å²) < 4.78 is 1.03. The second kappa shape index (κ2) is 7.55. The smallest absolute Gasteiger partial charge is 0.243 e. The van der Waals surface area contributed by atoms with E-state index in [4.69, 9.17) is 0 Å². The number of benzene rings is 1. The zero-order valence-corrected chi connectivity index (χ0v) is 17.3. The Morgan fingerprint density at radius 3 is 2.54 bits per heavy atom. The molecular formula is C20H25BrN2O2S. The molecule has 3 fully saturated rings. The first-order valence-corrected chi connectivity index (χ1v) is 11.4. The molecule has 2 saturated heterocycles. The van der Waals surface area contributed by atoms with E-state index in [-0.39, 0.29) is 28.8 Å². The molecule has 140 valence electrons. The molecule has 0 radical (unpaired) electrons. The highest BCUT2D eigenvalue weighted by atomic mass is 79.9. The van der Waals surface area contributed by atoms with Gasteiger partial charge >= 0.3 is 0 Å². The second-order valence-electron chi connectivity index (χ2n) is 7.58. The minimum Gasteiger partial charge on any atom is -0.352 e. The minimum atomic E-state index is -0.372. The van der Waals surface area contributed by atoms with E-state index < -0.39 is 0 Å². The van der Waals surface area contributed by atoms with Crippen molar-refractivity contribution in [1.82, 2.24) is 10.2 Å². The van der Waals surface area contributed by atoms with Crippen molar-refractivity contribution in [2.45, 2.75) is 68.3 Å². The van der Waals surface area contributed by atoms with Crippen LogP contribution in [0.3, 0.4) is 0 Å². The van der Waals surface area contributed by atoms with E-state index in [9.17, 15) is 9.59 Å². The fraction of sp³-hybridized carbons (Fsp3) is 0.600. The summed E-state index contributed by atoms with van der Waals surface area (Å²) in [5, 5.41) is 3.26. The lowest BCUT2D eigenvalue weighted by atomic mass is 10.0. The van der Waals surface area contributed by atoms with Crippen LogP contribution in [0.25, 0.3) is 0 Å². The molecule has 2 atom stereocenters. The van der Waals surface area contributed by atoms with Gasteiger partial charge in [-0.2, -0.15) is 0 Å². The van der Waals surface area contributed by atoms with Gasteiger partial charge in [0.05, 0.1) is 0 Å². The van der Waals surface area contributed by atoms with E-state index in [0.29, 0.717) is 12.2 Å². The van der Waals surface area contributed by atoms with E-state index in [1.165, 1.54) is 25.7 Å². The number of hydrogen-bond acceptors (Lipinski definition) is 3. The van der Waals surface area contributed by atoms with Gasteiger partial charge in [-0.1, -0.05) is 53.7 Å². The highest BCUT2D eigenvalue weighted by Crippen LogP contribution is 2.54. The molecule has 0 spiro atoms. The molecule has 0 bridgehead atoms. The SMILES string of the molecule is O=C(NC1CCCCCC1)C1CSC2(c3ccc(Br)cc3)CCC(=O)N12. The van der Waals surface area contributed by atoms with Crippen molar-refractivity contribution in [2.75, 3.05) is 5.75 Å². The van der Waals surface area contributed by atoms with Crippen molar-refractivity contribution in [2.24, 2.45) is 0 Å². The Morgan fingerprint density at radius 2 is 1.85 bits per heavy atom. The molecule has 26 heavy (non-hydrogen) atoms. The third-order valence-corrected chi connectivity index (χ3v) is 8.05. The van der Waals surface area contributed by atoms with Gasteiger partial charge in [0, 0.05) is 22.7 Å². The molecule has 2 heterocycles. The third-order valence-electron chi connectivity index (χ3n) is 5.93. The molecule has 2 amide bonds. The summed E-state index contributed by atoms with van der Waals surface area (Å²) in [6, 6.07) is 8.12. The largest absolute Gasteiger partial charge is 0.352 e. The standard InChI is InChI=1S/C20H25BrN2O2S/c21-15-9-7-14(8-10-15)20-12-11-18(24)23(20)17(13-26-20)19(25)22-16-5-3-1-2-4-6-16/h7-10,16-17H,1-6,11-13H2,(H,22,25). The molecule has 4 nitrogen and oxygen atoms in total. The van der Waals surface area contributed by atoms with Crippen molar-refractivity contribution in [3.63, 3.8) is 0 Å². The molecular weight excluding hydrogens is 412 g/mol. The third kappa shape index (κ3) is 3.31. The molecule has 2 unspecified atom stereocenters. The topological polar surface area (TPSA) is 49.4 Å². The van der Waals surface area contributed by atoms with Gasteiger partial charge in [0.25, 0.3) is 0 Å². The number of nitrogens with zero attached hydrogens (tertiary/aromatic N) is 1. The zero-order valence-electron chi connectivity index (χ0n) is 14.9. The predicted octanol–water partition coefficient (Wildman–Crippen LogP) is 4.18. The highest BCUT2D eigenvalue weighted by molar-refractivity contribution is 9.10. The van der Waals surface area contributed by atoms with Gasteiger partial charge in [0.1, 0.15) is 10.9 Å². The Bertz CT molecular complexity index is 688. The summed E-state index contributed by atoms with van der Waals surface area (Å²) >= 11 is 5.24. The van der Waals surface area contributed by atoms with Crippen molar-refractivity contribution in [1.29, 1.82) is 0 Å². The van der Waals surface area contributed by atoms with Gasteiger partial charge in [-0.25, -0.2) is 0 Å². The lowest BCUT2D eigenvalue weighted by Crippen LogP contribution is -2.52. The molecule has 6 heteroatoms. The van der Waals surface area contributed by atoms with Crippen LogP contribution in [0, 0.1) is 0 Å². The number of carbonyl (C=O) groups excluding carboxylic acids is 2. The monoisotopic (exact) mass is 436 g/mol. The lowest BCUT2D eigenvalue weighted by molar-refractivity contribution is -0.138. The molecule has 3 aliphatic rings. The lowest BCUT2D eigenvalue weighted by Gasteiger charge is -2.34. The van der Waals surface area contributed by atoms with E-state index in [1.54, 1.807) is 11.8 Å². The maximum Gasteiger partial charge on any atom is 0.243 e. The van der Waals surface area contributed by atoms with Crippen LogP contribution in [0.15, 0.2) is 28.7 Å². The summed E-state index contributed by atoms with van der Waals surface area (Å²) in [7, 11) is 0. The average Bonchev–Trinajstić information content (AvgIpc) is 3.06. The van der Waals surface area contributed by atoms with Crippen LogP contribution in [0.4, 0.5) is 0 Å². The number of carbonyl (C=O) groups is 2. The minimum absolute atomic E-state index is 0.0404. The maximum absolute atomic E-state index is 13.0. The van der Waals surface area contributed by atoms with Crippen LogP contribution in [0.5, 0.6) is 0 Å². The summed E-state index contributed by atoms with van der Waals surface area (Å²) in [6.45, 7) is 0. The number of rotatable bonds is 3. The van der Waals surface area contributed by atoms with Crippen LogP contribution in [-0.2, 0) is 14.5 Å². The van der Waals surface area contributed by atoms with Crippen LogP contribution in [0.2, 0.25) is 0 Å². The number of halogens is 1. The normalized spacial score (nSPS) is 29.5. The summed E-state index contributed by atoms with van der Waals surface area (Å²) in [4.78, 5) is 27.2. The fourth-order valence-electron chi connectivity index (χ4n) is 4.57. The van der Waals surface area contributed by atoms with Gasteiger partial charge < -0.3 is 10.2 Å². The number of nitrogens with one attached hydrogen (secondary N) is 1. The van der Waals surface area contributed by atoms with Gasteiger partial charge in [0.2, 0.25) is 11.8 Å². The Hall–Kier alpha value is -1.01. The molecule has 1 saturated carbocycles. The Balaban J connectivity index is 1.54. The quantitative estimate of drug-likeness (QED) is 0.722. The van der Waals surface area contributed by atoms with Crippen LogP contribution < -0.4 is 5.32 Å². The highest BCUT2D eigenvalue weighted by Gasteiger charge is 2.56. The molecule has 2 aliphatic heterocycles. The molecule has 1 aromatic carbocycles. The number of fused-ring (bicyclic) bond motifs is 1. The van der Waals surface area contributed by atoms with E-state index in [0.717, 1.165) is 29.3 Å². The van der Waals surface area contributed by atoms with Gasteiger partial charge in [-0.3, -0.25) is 9.59 Å². The van der Waals surface area contributed by atoms with Crippen LogP contribution in [0.1, 0.15) is 56.9 Å². The predicted molar refractivity (Wildman–Crippen MR) is 108 cm³/mol. The maximum atomic E-state index is 13.0. The van der Waals surface area contributed by atoms with Crippen LogP contribution in [-0.4, -0.2) is 34.6 Å². The first-order chi connectivity index (χ1) is 12.6. The average molecular weight is 437 g/mol. The molecule has 4 rings (SSSR count). The van der Waals surface area contributed by atoms with E-state index in [1.807, 2.05) is 17.0 Å². The van der Waals surface area contributed by atoms with Gasteiger partial charge in [-0.05, 0) is 37.0 Å². The molecule has 1 N–H and O–H groups in total. The Labute approximate surface area is 167 Å². The zero-order chi connectivity index (χ0) is 18.1. The summed E-state index contributed by atoms with van der Waals surface area (Å²) in [5.41, 5.74) is 1.13. The van der Waals surface area contributed by atoms with Crippen molar-refractivity contribution in [3.05, 3.63) is 34.3 Å². The Morgan fingerprint density at radius 1 is 1.15 bits per heavy atom. The van der Waals surface area contributed by atoms with Gasteiger partial charge in [-0.15, -0.1) is 11.8 Å². The number of hydrogen-bond donors (Lipinski definition) is 1. The van der Waals surface area contributed by atoms with E-state index >= 15 is 0 Å². The second-order valence-corrected chi connectivity index (χ2v) is 9.79. The first-order valence-electron chi connectivity index (χ1n) is 9.63. The summed E-state index contributed by atoms with van der Waals surface area (Å²) in [5.74, 6) is 0.831. The van der Waals surface area contributed by atoms with E-state index in [2.05, 4.69) is 33.4 Å². The molecule has 0 aromatic heterocycles. The number of thioether (sulfide) groups is 1. The summed E-state index contributed by atoms with van der Waals surface area (Å²) in [6.07, 6.45) is 8.36. The van der Waals surface area contributed by atoms with Crippen molar-refractivity contribution < 1.29 is 9.59 Å². The fourth-order valence-corrected chi connectivity index (χ4v) is 6.48. The first kappa shape index (κ1) is 18.4. The number of amides is 2. The Kier molecular flexibility index (Phi) is 5.33. The molecule has 1 aromatic rings. The molecule has 1 aliphatic carbocycles. The van der Waals surface area contributed by atoms with Crippen molar-refractivity contribution >= 4 is 39.5 Å². The van der Waals surface area contributed by atoms with Gasteiger partial charge in [0.15, 0.2) is 0 Å². The van der Waals surface area contributed by atoms with Crippen LogP contribution >= 0.6 is 27.7 Å². The van der Waals surface area contributed by atoms with Crippen molar-refractivity contribution in [3.8, 4) is 0 Å².